The highest BCUT2D eigenvalue weighted by molar-refractivity contribution is 5.84. The standard InChI is InChI=1S/C14H20N2O2/c17-14(16-13-6-2-1-3-7-13)18-10-8-12-5-4-9-15-11-12/h1-3,6-7,12,15H,4-5,8-11H2,(H,16,17). The summed E-state index contributed by atoms with van der Waals surface area (Å²) in [6, 6.07) is 9.35. The minimum Gasteiger partial charge on any atom is -0.449 e. The number of ether oxygens (including phenoxy) is 1. The van der Waals surface area contributed by atoms with E-state index in [1.165, 1.54) is 12.8 Å². The number of amides is 1. The van der Waals surface area contributed by atoms with Crippen molar-refractivity contribution in [3.05, 3.63) is 30.3 Å². The van der Waals surface area contributed by atoms with Crippen molar-refractivity contribution >= 4 is 11.8 Å². The third-order valence-electron chi connectivity index (χ3n) is 3.18. The molecule has 18 heavy (non-hydrogen) atoms. The minimum atomic E-state index is -0.370. The summed E-state index contributed by atoms with van der Waals surface area (Å²) in [6.45, 7) is 2.65. The van der Waals surface area contributed by atoms with Crippen LogP contribution in [0.1, 0.15) is 19.3 Å². The SMILES string of the molecule is O=C(Nc1ccccc1)OCCC1CCCNC1. The molecule has 4 nitrogen and oxygen atoms in total. The highest BCUT2D eigenvalue weighted by Gasteiger charge is 2.13. The van der Waals surface area contributed by atoms with Crippen molar-refractivity contribution < 1.29 is 9.53 Å². The Morgan fingerprint density at radius 2 is 2.22 bits per heavy atom. The second-order valence-corrected chi connectivity index (χ2v) is 4.63. The number of nitrogens with one attached hydrogen (secondary N) is 2. The van der Waals surface area contributed by atoms with Gasteiger partial charge in [-0.15, -0.1) is 0 Å². The number of hydrogen-bond donors (Lipinski definition) is 2. The van der Waals surface area contributed by atoms with Gasteiger partial charge in [0.25, 0.3) is 0 Å². The summed E-state index contributed by atoms with van der Waals surface area (Å²) in [5.74, 6) is 0.642. The van der Waals surface area contributed by atoms with Gasteiger partial charge in [0.2, 0.25) is 0 Å². The third kappa shape index (κ3) is 4.37. The van der Waals surface area contributed by atoms with Gasteiger partial charge < -0.3 is 10.1 Å². The molecular weight excluding hydrogens is 228 g/mol. The third-order valence-corrected chi connectivity index (χ3v) is 3.18. The minimum absolute atomic E-state index is 0.370. The molecular formula is C14H20N2O2. The quantitative estimate of drug-likeness (QED) is 0.861. The number of rotatable bonds is 4. The van der Waals surface area contributed by atoms with Gasteiger partial charge in [0.05, 0.1) is 6.61 Å². The van der Waals surface area contributed by atoms with Crippen LogP contribution in [0.15, 0.2) is 30.3 Å². The molecule has 1 aromatic rings. The van der Waals surface area contributed by atoms with Gasteiger partial charge in [-0.1, -0.05) is 18.2 Å². The van der Waals surface area contributed by atoms with Crippen molar-refractivity contribution in [1.29, 1.82) is 0 Å². The molecule has 1 aliphatic heterocycles. The van der Waals surface area contributed by atoms with Crippen molar-refractivity contribution in [2.75, 3.05) is 25.0 Å². The van der Waals surface area contributed by atoms with Gasteiger partial charge in [-0.05, 0) is 50.4 Å². The second kappa shape index (κ2) is 7.01. The molecule has 4 heteroatoms. The molecule has 1 unspecified atom stereocenters. The first kappa shape index (κ1) is 12.9. The number of para-hydroxylation sites is 1. The van der Waals surface area contributed by atoms with Gasteiger partial charge in [-0.2, -0.15) is 0 Å². The molecule has 1 saturated heterocycles. The van der Waals surface area contributed by atoms with Crippen molar-refractivity contribution in [2.45, 2.75) is 19.3 Å². The summed E-state index contributed by atoms with van der Waals surface area (Å²) in [5.41, 5.74) is 0.766. The van der Waals surface area contributed by atoms with Gasteiger partial charge in [-0.3, -0.25) is 5.32 Å². The van der Waals surface area contributed by atoms with E-state index >= 15 is 0 Å². The fourth-order valence-electron chi connectivity index (χ4n) is 2.16. The van der Waals surface area contributed by atoms with Crippen LogP contribution in [0.4, 0.5) is 10.5 Å². The van der Waals surface area contributed by atoms with E-state index in [2.05, 4.69) is 10.6 Å². The normalized spacial score (nSPS) is 19.2. The average molecular weight is 248 g/mol. The van der Waals surface area contributed by atoms with Crippen LogP contribution in [0.5, 0.6) is 0 Å². The fourth-order valence-corrected chi connectivity index (χ4v) is 2.16. The Labute approximate surface area is 108 Å². The van der Waals surface area contributed by atoms with Gasteiger partial charge in [-0.25, -0.2) is 4.79 Å². The molecule has 0 radical (unpaired) electrons. The van der Waals surface area contributed by atoms with E-state index in [0.29, 0.717) is 12.5 Å². The zero-order valence-electron chi connectivity index (χ0n) is 10.5. The Balaban J connectivity index is 1.62. The maximum atomic E-state index is 11.5. The topological polar surface area (TPSA) is 50.4 Å². The van der Waals surface area contributed by atoms with Crippen molar-refractivity contribution in [2.24, 2.45) is 5.92 Å². The summed E-state index contributed by atoms with van der Waals surface area (Å²) in [7, 11) is 0. The first-order valence-electron chi connectivity index (χ1n) is 6.54. The van der Waals surface area contributed by atoms with Crippen LogP contribution in [0, 0.1) is 5.92 Å². The number of anilines is 1. The van der Waals surface area contributed by atoms with E-state index in [4.69, 9.17) is 4.74 Å². The number of hydrogen-bond acceptors (Lipinski definition) is 3. The Kier molecular flexibility index (Phi) is 5.02. The Morgan fingerprint density at radius 1 is 1.39 bits per heavy atom. The molecule has 2 rings (SSSR count). The number of carbonyl (C=O) groups excluding carboxylic acids is 1. The van der Waals surface area contributed by atoms with Crippen LogP contribution in [-0.4, -0.2) is 25.8 Å². The highest BCUT2D eigenvalue weighted by Crippen LogP contribution is 2.14. The predicted octanol–water partition coefficient (Wildman–Crippen LogP) is 2.62. The molecule has 1 amide bonds. The molecule has 1 fully saturated rings. The van der Waals surface area contributed by atoms with Crippen LogP contribution >= 0.6 is 0 Å². The number of piperidine rings is 1. The fraction of sp³-hybridized carbons (Fsp3) is 0.500. The van der Waals surface area contributed by atoms with Crippen molar-refractivity contribution in [1.82, 2.24) is 5.32 Å². The monoisotopic (exact) mass is 248 g/mol. The number of benzene rings is 1. The molecule has 1 heterocycles. The Hall–Kier alpha value is -1.55. The van der Waals surface area contributed by atoms with Crippen LogP contribution in [0.3, 0.4) is 0 Å². The van der Waals surface area contributed by atoms with Gasteiger partial charge >= 0.3 is 6.09 Å². The lowest BCUT2D eigenvalue weighted by Crippen LogP contribution is -2.30. The lowest BCUT2D eigenvalue weighted by atomic mass is 9.97. The maximum Gasteiger partial charge on any atom is 0.411 e. The van der Waals surface area contributed by atoms with E-state index in [1.54, 1.807) is 0 Å². The molecule has 0 spiro atoms. The molecule has 0 bridgehead atoms. The second-order valence-electron chi connectivity index (χ2n) is 4.63. The van der Waals surface area contributed by atoms with E-state index < -0.39 is 0 Å². The van der Waals surface area contributed by atoms with E-state index in [1.807, 2.05) is 30.3 Å². The lowest BCUT2D eigenvalue weighted by Gasteiger charge is -2.22. The van der Waals surface area contributed by atoms with E-state index in [0.717, 1.165) is 25.2 Å². The molecule has 0 aliphatic carbocycles. The summed E-state index contributed by atoms with van der Waals surface area (Å²) < 4.78 is 5.17. The van der Waals surface area contributed by atoms with Gasteiger partial charge in [0, 0.05) is 5.69 Å². The molecule has 1 aliphatic rings. The largest absolute Gasteiger partial charge is 0.449 e. The first-order chi connectivity index (χ1) is 8.84. The van der Waals surface area contributed by atoms with Crippen LogP contribution in [0.2, 0.25) is 0 Å². The first-order valence-corrected chi connectivity index (χ1v) is 6.54. The highest BCUT2D eigenvalue weighted by atomic mass is 16.5. The zero-order valence-corrected chi connectivity index (χ0v) is 10.5. The van der Waals surface area contributed by atoms with Crippen LogP contribution < -0.4 is 10.6 Å². The predicted molar refractivity (Wildman–Crippen MR) is 71.6 cm³/mol. The Bertz CT molecular complexity index is 361. The smallest absolute Gasteiger partial charge is 0.411 e. The Morgan fingerprint density at radius 3 is 2.94 bits per heavy atom. The van der Waals surface area contributed by atoms with E-state index in [-0.39, 0.29) is 6.09 Å². The van der Waals surface area contributed by atoms with Crippen molar-refractivity contribution in [3.63, 3.8) is 0 Å². The van der Waals surface area contributed by atoms with E-state index in [9.17, 15) is 4.79 Å². The maximum absolute atomic E-state index is 11.5. The summed E-state index contributed by atoms with van der Waals surface area (Å²) in [6.07, 6.45) is 3.03. The van der Waals surface area contributed by atoms with Crippen LogP contribution in [0.25, 0.3) is 0 Å². The lowest BCUT2D eigenvalue weighted by molar-refractivity contribution is 0.150. The van der Waals surface area contributed by atoms with Gasteiger partial charge in [0.15, 0.2) is 0 Å². The molecule has 0 saturated carbocycles. The molecule has 1 aromatic carbocycles. The summed E-state index contributed by atoms with van der Waals surface area (Å²) >= 11 is 0. The molecule has 98 valence electrons. The average Bonchev–Trinajstić information content (AvgIpc) is 2.41. The molecule has 1 atom stereocenters. The van der Waals surface area contributed by atoms with Crippen LogP contribution in [-0.2, 0) is 4.74 Å². The zero-order chi connectivity index (χ0) is 12.6. The van der Waals surface area contributed by atoms with Gasteiger partial charge in [0.1, 0.15) is 0 Å². The summed E-state index contributed by atoms with van der Waals surface area (Å²) in [5, 5.41) is 6.06. The summed E-state index contributed by atoms with van der Waals surface area (Å²) in [4.78, 5) is 11.5. The van der Waals surface area contributed by atoms with Crippen molar-refractivity contribution in [3.8, 4) is 0 Å². The molecule has 0 aromatic heterocycles. The number of carbonyl (C=O) groups is 1. The molecule has 2 N–H and O–H groups in total.